The highest BCUT2D eigenvalue weighted by Crippen LogP contribution is 2.15. The van der Waals surface area contributed by atoms with Gasteiger partial charge < -0.3 is 9.88 Å². The Morgan fingerprint density at radius 3 is 2.58 bits per heavy atom. The lowest BCUT2D eigenvalue weighted by Gasteiger charge is -2.07. The number of primary sulfonamides is 1. The number of nitrogens with one attached hydrogen (secondary N) is 1. The van der Waals surface area contributed by atoms with Crippen LogP contribution in [0.1, 0.15) is 10.5 Å². The van der Waals surface area contributed by atoms with Crippen LogP contribution >= 0.6 is 0 Å². The van der Waals surface area contributed by atoms with Crippen molar-refractivity contribution < 1.29 is 13.2 Å². The molecule has 0 radical (unpaired) electrons. The van der Waals surface area contributed by atoms with Gasteiger partial charge in [0.15, 0.2) is 0 Å². The van der Waals surface area contributed by atoms with Crippen molar-refractivity contribution in [3.63, 3.8) is 0 Å². The van der Waals surface area contributed by atoms with Crippen molar-refractivity contribution in [2.45, 2.75) is 4.90 Å². The van der Waals surface area contributed by atoms with Gasteiger partial charge in [0.05, 0.1) is 4.90 Å². The summed E-state index contributed by atoms with van der Waals surface area (Å²) in [5.74, 6) is -0.320. The zero-order valence-corrected chi connectivity index (χ0v) is 11.0. The number of benzene rings is 1. The van der Waals surface area contributed by atoms with Crippen LogP contribution in [0.4, 0.5) is 5.69 Å². The average molecular weight is 279 g/mol. The summed E-state index contributed by atoms with van der Waals surface area (Å²) < 4.78 is 24.1. The Balaban J connectivity index is 2.25. The molecule has 19 heavy (non-hydrogen) atoms. The number of carbonyl (C=O) groups excluding carboxylic acids is 1. The van der Waals surface area contributed by atoms with E-state index in [1.165, 1.54) is 18.2 Å². The van der Waals surface area contributed by atoms with E-state index in [0.717, 1.165) is 0 Å². The zero-order valence-electron chi connectivity index (χ0n) is 10.2. The van der Waals surface area contributed by atoms with E-state index in [2.05, 4.69) is 5.32 Å². The molecule has 0 atom stereocenters. The molecule has 1 amide bonds. The Hall–Kier alpha value is -2.12. The molecule has 0 fully saturated rings. The first-order valence-corrected chi connectivity index (χ1v) is 6.98. The number of hydrogen-bond donors (Lipinski definition) is 2. The summed E-state index contributed by atoms with van der Waals surface area (Å²) in [6.07, 6.45) is 1.75. The number of nitrogens with zero attached hydrogens (tertiary/aromatic N) is 1. The Labute approximate surface area is 110 Å². The highest BCUT2D eigenvalue weighted by atomic mass is 32.2. The third-order valence-electron chi connectivity index (χ3n) is 2.60. The van der Waals surface area contributed by atoms with Gasteiger partial charge in [-0.3, -0.25) is 4.79 Å². The van der Waals surface area contributed by atoms with Gasteiger partial charge in [0.2, 0.25) is 10.0 Å². The molecule has 0 spiro atoms. The van der Waals surface area contributed by atoms with Crippen LogP contribution < -0.4 is 10.5 Å². The van der Waals surface area contributed by atoms with Gasteiger partial charge in [-0.15, -0.1) is 0 Å². The maximum absolute atomic E-state index is 11.9. The molecule has 3 N–H and O–H groups in total. The molecular formula is C12H13N3O3S. The number of sulfonamides is 1. The third kappa shape index (κ3) is 3.01. The number of aromatic nitrogens is 1. The predicted octanol–water partition coefficient (Wildman–Crippen LogP) is 0.925. The normalized spacial score (nSPS) is 11.3. The van der Waals surface area contributed by atoms with E-state index >= 15 is 0 Å². The van der Waals surface area contributed by atoms with E-state index in [4.69, 9.17) is 5.14 Å². The van der Waals surface area contributed by atoms with E-state index < -0.39 is 10.0 Å². The maximum atomic E-state index is 11.9. The molecule has 0 aliphatic carbocycles. The summed E-state index contributed by atoms with van der Waals surface area (Å²) in [4.78, 5) is 11.9. The fraction of sp³-hybridized carbons (Fsp3) is 0.0833. The summed E-state index contributed by atoms with van der Waals surface area (Å²) in [6.45, 7) is 0. The second kappa shape index (κ2) is 4.87. The van der Waals surface area contributed by atoms with Crippen molar-refractivity contribution in [3.05, 3.63) is 48.3 Å². The number of hydrogen-bond acceptors (Lipinski definition) is 3. The van der Waals surface area contributed by atoms with E-state index in [0.29, 0.717) is 11.4 Å². The SMILES string of the molecule is Cn1cccc1C(=O)Nc1cccc(S(N)(=O)=O)c1. The van der Waals surface area contributed by atoms with Crippen molar-refractivity contribution in [2.75, 3.05) is 5.32 Å². The van der Waals surface area contributed by atoms with Gasteiger partial charge in [-0.05, 0) is 30.3 Å². The molecule has 100 valence electrons. The second-order valence-corrected chi connectivity index (χ2v) is 5.59. The van der Waals surface area contributed by atoms with Gasteiger partial charge in [-0.1, -0.05) is 6.07 Å². The third-order valence-corrected chi connectivity index (χ3v) is 3.51. The molecule has 1 aromatic heterocycles. The Morgan fingerprint density at radius 2 is 2.00 bits per heavy atom. The smallest absolute Gasteiger partial charge is 0.272 e. The Morgan fingerprint density at radius 1 is 1.26 bits per heavy atom. The lowest BCUT2D eigenvalue weighted by molar-refractivity contribution is 0.101. The van der Waals surface area contributed by atoms with Crippen molar-refractivity contribution in [1.29, 1.82) is 0 Å². The van der Waals surface area contributed by atoms with Crippen molar-refractivity contribution in [3.8, 4) is 0 Å². The summed E-state index contributed by atoms with van der Waals surface area (Å²) in [5, 5.41) is 7.65. The average Bonchev–Trinajstić information content (AvgIpc) is 2.75. The monoisotopic (exact) mass is 279 g/mol. The van der Waals surface area contributed by atoms with Gasteiger partial charge in [0, 0.05) is 18.9 Å². The van der Waals surface area contributed by atoms with Gasteiger partial charge in [-0.2, -0.15) is 0 Å². The van der Waals surface area contributed by atoms with Crippen LogP contribution in [-0.2, 0) is 17.1 Å². The van der Waals surface area contributed by atoms with Crippen LogP contribution in [0, 0.1) is 0 Å². The Bertz CT molecular complexity index is 719. The van der Waals surface area contributed by atoms with Crippen LogP contribution in [0.15, 0.2) is 47.5 Å². The Kier molecular flexibility index (Phi) is 3.41. The van der Waals surface area contributed by atoms with Crippen LogP contribution in [0.2, 0.25) is 0 Å². The van der Waals surface area contributed by atoms with Crippen molar-refractivity contribution in [2.24, 2.45) is 12.2 Å². The van der Waals surface area contributed by atoms with E-state index in [1.807, 2.05) is 0 Å². The van der Waals surface area contributed by atoms with Gasteiger partial charge in [0.1, 0.15) is 5.69 Å². The molecule has 6 nitrogen and oxygen atoms in total. The number of rotatable bonds is 3. The second-order valence-electron chi connectivity index (χ2n) is 4.03. The number of nitrogens with two attached hydrogens (primary N) is 1. The first-order chi connectivity index (χ1) is 8.88. The largest absolute Gasteiger partial charge is 0.347 e. The quantitative estimate of drug-likeness (QED) is 0.874. The van der Waals surface area contributed by atoms with E-state index in [-0.39, 0.29) is 10.8 Å². The standard InChI is InChI=1S/C12H13N3O3S/c1-15-7-3-6-11(15)12(16)14-9-4-2-5-10(8-9)19(13,17)18/h2-8H,1H3,(H,14,16)(H2,13,17,18). The van der Waals surface area contributed by atoms with E-state index in [1.54, 1.807) is 36.0 Å². The molecule has 0 saturated heterocycles. The number of amides is 1. The zero-order chi connectivity index (χ0) is 14.0. The minimum Gasteiger partial charge on any atom is -0.347 e. The molecule has 0 saturated carbocycles. The number of carbonyl (C=O) groups is 1. The van der Waals surface area contributed by atoms with E-state index in [9.17, 15) is 13.2 Å². The van der Waals surface area contributed by atoms with Gasteiger partial charge in [0.25, 0.3) is 5.91 Å². The molecule has 1 heterocycles. The summed E-state index contributed by atoms with van der Waals surface area (Å²) in [7, 11) is -2.03. The highest BCUT2D eigenvalue weighted by Gasteiger charge is 2.11. The first-order valence-electron chi connectivity index (χ1n) is 5.43. The minimum absolute atomic E-state index is 0.0443. The van der Waals surface area contributed by atoms with Crippen molar-refractivity contribution >= 4 is 21.6 Å². The molecule has 0 unspecified atom stereocenters. The molecule has 1 aromatic carbocycles. The predicted molar refractivity (Wildman–Crippen MR) is 71.2 cm³/mol. The van der Waals surface area contributed by atoms with Crippen LogP contribution in [0.25, 0.3) is 0 Å². The van der Waals surface area contributed by atoms with Crippen LogP contribution in [0.3, 0.4) is 0 Å². The minimum atomic E-state index is -3.78. The number of aryl methyl sites for hydroxylation is 1. The topological polar surface area (TPSA) is 94.2 Å². The van der Waals surface area contributed by atoms with Crippen molar-refractivity contribution in [1.82, 2.24) is 4.57 Å². The lowest BCUT2D eigenvalue weighted by Crippen LogP contribution is -2.16. The van der Waals surface area contributed by atoms with Crippen LogP contribution in [0.5, 0.6) is 0 Å². The summed E-state index contributed by atoms with van der Waals surface area (Å²) in [6, 6.07) is 9.20. The molecule has 2 aromatic rings. The lowest BCUT2D eigenvalue weighted by atomic mass is 10.3. The van der Waals surface area contributed by atoms with Gasteiger partial charge >= 0.3 is 0 Å². The molecule has 0 aliphatic heterocycles. The van der Waals surface area contributed by atoms with Gasteiger partial charge in [-0.25, -0.2) is 13.6 Å². The summed E-state index contributed by atoms with van der Waals surface area (Å²) >= 11 is 0. The first kappa shape index (κ1) is 13.3. The maximum Gasteiger partial charge on any atom is 0.272 e. The highest BCUT2D eigenvalue weighted by molar-refractivity contribution is 7.89. The number of anilines is 1. The molecule has 0 aliphatic rings. The molecule has 0 bridgehead atoms. The molecule has 2 rings (SSSR count). The fourth-order valence-corrected chi connectivity index (χ4v) is 2.20. The van der Waals surface area contributed by atoms with Crippen LogP contribution in [-0.4, -0.2) is 18.9 Å². The molecular weight excluding hydrogens is 266 g/mol. The summed E-state index contributed by atoms with van der Waals surface area (Å²) in [5.41, 5.74) is 0.846. The molecule has 7 heteroatoms. The fourth-order valence-electron chi connectivity index (χ4n) is 1.64.